The Balaban J connectivity index is 1.76. The van der Waals surface area contributed by atoms with Crippen molar-refractivity contribution >= 4 is 39.8 Å². The van der Waals surface area contributed by atoms with Crippen LogP contribution in [0.2, 0.25) is 0 Å². The van der Waals surface area contributed by atoms with Gasteiger partial charge in [0.1, 0.15) is 5.75 Å². The highest BCUT2D eigenvalue weighted by Crippen LogP contribution is 2.43. The van der Waals surface area contributed by atoms with Crippen molar-refractivity contribution in [1.82, 2.24) is 4.98 Å². The van der Waals surface area contributed by atoms with Crippen LogP contribution in [-0.2, 0) is 9.59 Å². The highest BCUT2D eigenvalue weighted by Gasteiger charge is 2.42. The average Bonchev–Trinajstić information content (AvgIpc) is 3.19. The second-order valence-electron chi connectivity index (χ2n) is 8.41. The van der Waals surface area contributed by atoms with E-state index in [2.05, 4.69) is 10.3 Å². The molecule has 0 unspecified atom stereocenters. The van der Waals surface area contributed by atoms with Crippen molar-refractivity contribution in [3.63, 3.8) is 0 Å². The highest BCUT2D eigenvalue weighted by molar-refractivity contribution is 7.17. The second-order valence-corrected chi connectivity index (χ2v) is 9.41. The summed E-state index contributed by atoms with van der Waals surface area (Å²) in [6, 6.07) is 14.6. The third kappa shape index (κ3) is 4.59. The number of ketones is 1. The van der Waals surface area contributed by atoms with Gasteiger partial charge < -0.3 is 15.0 Å². The fourth-order valence-electron chi connectivity index (χ4n) is 4.42. The van der Waals surface area contributed by atoms with E-state index in [0.29, 0.717) is 27.9 Å². The molecule has 8 heteroatoms. The van der Waals surface area contributed by atoms with Crippen LogP contribution >= 0.6 is 11.3 Å². The Morgan fingerprint density at radius 3 is 2.47 bits per heavy atom. The van der Waals surface area contributed by atoms with Gasteiger partial charge in [0.15, 0.2) is 10.9 Å². The number of aryl methyl sites for hydroxylation is 2. The van der Waals surface area contributed by atoms with Gasteiger partial charge in [-0.25, -0.2) is 4.98 Å². The number of Topliss-reactive ketones (excluding diaryl/α,β-unsaturated/α-hetero) is 1. The Morgan fingerprint density at radius 2 is 1.82 bits per heavy atom. The summed E-state index contributed by atoms with van der Waals surface area (Å²) in [5.41, 5.74) is 3.16. The number of ether oxygens (including phenoxy) is 1. The molecule has 1 aromatic heterocycles. The summed E-state index contributed by atoms with van der Waals surface area (Å²) in [5, 5.41) is 3.28. The number of aromatic nitrogens is 1. The number of anilines is 2. The number of thiazole rings is 1. The van der Waals surface area contributed by atoms with Crippen LogP contribution in [0, 0.1) is 19.8 Å². The first kappa shape index (κ1) is 23.6. The van der Waals surface area contributed by atoms with E-state index in [-0.39, 0.29) is 24.0 Å². The summed E-state index contributed by atoms with van der Waals surface area (Å²) >= 11 is 1.17. The number of rotatable bonds is 6. The summed E-state index contributed by atoms with van der Waals surface area (Å²) in [4.78, 5) is 45.2. The molecule has 0 aliphatic carbocycles. The largest absolute Gasteiger partial charge is 0.496 e. The molecule has 1 aliphatic rings. The van der Waals surface area contributed by atoms with Gasteiger partial charge in [0.25, 0.3) is 0 Å². The molecule has 2 atom stereocenters. The molecule has 4 rings (SSSR count). The molecule has 7 nitrogen and oxygen atoms in total. The molecule has 0 bridgehead atoms. The number of piperidine rings is 1. The minimum absolute atomic E-state index is 0.0484. The molecular weight excluding hydrogens is 450 g/mol. The standard InChI is InChI=1S/C26H27N3O4S/c1-15-9-11-18(12-10-15)29-22(31)14-13-20(23(29)19-7-5-6-8-21(19)33-4)25(32)28-26-27-16(2)24(34-26)17(3)30/h5-12,20,23H,13-14H2,1-4H3,(H,27,28,32)/t20-,23-/m0/s1. The number of hydrogen-bond acceptors (Lipinski definition) is 6. The van der Waals surface area contributed by atoms with Crippen molar-refractivity contribution in [3.05, 3.63) is 70.2 Å². The smallest absolute Gasteiger partial charge is 0.231 e. The van der Waals surface area contributed by atoms with Gasteiger partial charge in [-0.1, -0.05) is 47.2 Å². The number of benzene rings is 2. The average molecular weight is 478 g/mol. The van der Waals surface area contributed by atoms with Crippen LogP contribution in [0.3, 0.4) is 0 Å². The lowest BCUT2D eigenvalue weighted by atomic mass is 9.82. The number of nitrogens with one attached hydrogen (secondary N) is 1. The van der Waals surface area contributed by atoms with E-state index in [1.165, 1.54) is 18.3 Å². The SMILES string of the molecule is COc1ccccc1[C@H]1[C@@H](C(=O)Nc2nc(C)c(C(C)=O)s2)CCC(=O)N1c1ccc(C)cc1. The summed E-state index contributed by atoms with van der Waals surface area (Å²) < 4.78 is 5.61. The molecule has 0 spiro atoms. The zero-order chi connectivity index (χ0) is 24.4. The molecule has 0 radical (unpaired) electrons. The Bertz CT molecular complexity index is 1240. The lowest BCUT2D eigenvalue weighted by molar-refractivity contribution is -0.126. The monoisotopic (exact) mass is 477 g/mol. The summed E-state index contributed by atoms with van der Waals surface area (Å²) in [6.07, 6.45) is 0.632. The van der Waals surface area contributed by atoms with Crippen LogP contribution in [0.15, 0.2) is 48.5 Å². The molecule has 1 saturated heterocycles. The van der Waals surface area contributed by atoms with Crippen molar-refractivity contribution in [2.24, 2.45) is 5.92 Å². The van der Waals surface area contributed by atoms with E-state index in [1.54, 1.807) is 18.9 Å². The van der Waals surface area contributed by atoms with Gasteiger partial charge >= 0.3 is 0 Å². The van der Waals surface area contributed by atoms with Crippen LogP contribution < -0.4 is 15.0 Å². The van der Waals surface area contributed by atoms with Crippen LogP contribution in [0.1, 0.15) is 52.3 Å². The molecule has 1 N–H and O–H groups in total. The molecule has 2 amide bonds. The summed E-state index contributed by atoms with van der Waals surface area (Å²) in [7, 11) is 1.58. The quantitative estimate of drug-likeness (QED) is 0.500. The molecular formula is C26H27N3O4S. The van der Waals surface area contributed by atoms with E-state index >= 15 is 0 Å². The van der Waals surface area contributed by atoms with Gasteiger partial charge in [-0.15, -0.1) is 0 Å². The number of hydrogen-bond donors (Lipinski definition) is 1. The molecule has 2 aromatic carbocycles. The van der Waals surface area contributed by atoms with Crippen LogP contribution in [0.5, 0.6) is 5.75 Å². The number of carbonyl (C=O) groups is 3. The maximum Gasteiger partial charge on any atom is 0.231 e. The fourth-order valence-corrected chi connectivity index (χ4v) is 5.28. The number of carbonyl (C=O) groups excluding carboxylic acids is 3. The van der Waals surface area contributed by atoms with Gasteiger partial charge in [0.05, 0.1) is 29.6 Å². The van der Waals surface area contributed by atoms with Crippen LogP contribution in [0.25, 0.3) is 0 Å². The summed E-state index contributed by atoms with van der Waals surface area (Å²) in [5.74, 6) is -0.310. The van der Waals surface area contributed by atoms with Gasteiger partial charge in [-0.05, 0) is 38.5 Å². The molecule has 176 valence electrons. The number of nitrogens with zero attached hydrogens (tertiary/aromatic N) is 2. The maximum absolute atomic E-state index is 13.6. The minimum atomic E-state index is -0.562. The number of amides is 2. The molecule has 1 aliphatic heterocycles. The van der Waals surface area contributed by atoms with Crippen molar-refractivity contribution in [2.45, 2.75) is 39.7 Å². The molecule has 2 heterocycles. The third-order valence-electron chi connectivity index (χ3n) is 6.05. The second kappa shape index (κ2) is 9.77. The lowest BCUT2D eigenvalue weighted by Crippen LogP contribution is -2.47. The zero-order valence-corrected chi connectivity index (χ0v) is 20.4. The Hall–Kier alpha value is -3.52. The zero-order valence-electron chi connectivity index (χ0n) is 19.6. The Morgan fingerprint density at radius 1 is 1.12 bits per heavy atom. The first-order chi connectivity index (χ1) is 16.3. The predicted octanol–water partition coefficient (Wildman–Crippen LogP) is 5.09. The Labute approximate surface area is 202 Å². The first-order valence-corrected chi connectivity index (χ1v) is 11.9. The van der Waals surface area contributed by atoms with Crippen molar-refractivity contribution in [3.8, 4) is 5.75 Å². The van der Waals surface area contributed by atoms with Gasteiger partial charge in [0.2, 0.25) is 11.8 Å². The first-order valence-electron chi connectivity index (χ1n) is 11.1. The molecule has 34 heavy (non-hydrogen) atoms. The fraction of sp³-hybridized carbons (Fsp3) is 0.308. The molecule has 1 fully saturated rings. The van der Waals surface area contributed by atoms with Crippen molar-refractivity contribution in [1.29, 1.82) is 0 Å². The van der Waals surface area contributed by atoms with Crippen molar-refractivity contribution < 1.29 is 19.1 Å². The lowest BCUT2D eigenvalue weighted by Gasteiger charge is -2.41. The topological polar surface area (TPSA) is 88.6 Å². The van der Waals surface area contributed by atoms with Crippen molar-refractivity contribution in [2.75, 3.05) is 17.3 Å². The third-order valence-corrected chi connectivity index (χ3v) is 7.22. The highest BCUT2D eigenvalue weighted by atomic mass is 32.1. The number of para-hydroxylation sites is 1. The van der Waals surface area contributed by atoms with Crippen LogP contribution in [-0.4, -0.2) is 29.7 Å². The van der Waals surface area contributed by atoms with Gasteiger partial charge in [-0.2, -0.15) is 0 Å². The molecule has 3 aromatic rings. The Kier molecular flexibility index (Phi) is 6.79. The number of methoxy groups -OCH3 is 1. The summed E-state index contributed by atoms with van der Waals surface area (Å²) in [6.45, 7) is 5.22. The van der Waals surface area contributed by atoms with E-state index in [1.807, 2.05) is 55.5 Å². The van der Waals surface area contributed by atoms with Gasteiger partial charge in [-0.3, -0.25) is 14.4 Å². The van der Waals surface area contributed by atoms with E-state index in [0.717, 1.165) is 16.8 Å². The molecule has 0 saturated carbocycles. The van der Waals surface area contributed by atoms with Gasteiger partial charge in [0, 0.05) is 24.6 Å². The van der Waals surface area contributed by atoms with E-state index in [9.17, 15) is 14.4 Å². The minimum Gasteiger partial charge on any atom is -0.496 e. The normalized spacial score (nSPS) is 18.0. The van der Waals surface area contributed by atoms with E-state index < -0.39 is 12.0 Å². The predicted molar refractivity (Wildman–Crippen MR) is 133 cm³/mol. The van der Waals surface area contributed by atoms with Crippen LogP contribution in [0.4, 0.5) is 10.8 Å². The maximum atomic E-state index is 13.6. The van der Waals surface area contributed by atoms with E-state index in [4.69, 9.17) is 4.74 Å².